The fourth-order valence-electron chi connectivity index (χ4n) is 2.85. The average Bonchev–Trinajstić information content (AvgIpc) is 2.71. The molecule has 0 saturated carbocycles. The van der Waals surface area contributed by atoms with Crippen LogP contribution in [0.5, 0.6) is 11.5 Å². The fourth-order valence-corrected chi connectivity index (χ4v) is 2.85. The van der Waals surface area contributed by atoms with Crippen molar-refractivity contribution in [3.8, 4) is 11.5 Å². The number of benzene rings is 2. The molecule has 0 radical (unpaired) electrons. The van der Waals surface area contributed by atoms with Crippen LogP contribution >= 0.6 is 24.0 Å². The first-order valence-electron chi connectivity index (χ1n) is 9.62. The standard InChI is InChI=1S/C22H30N4O3.HI/c1-5-24-22(26-16(3)19-11-15(2)9-10-20(19)28-4)25-13-17-7-6-8-18(12-17)29-14-21(23)27;/h6-12,16H,5,13-14H2,1-4H3,(H2,23,27)(H2,24,25,26);1H. The van der Waals surface area contributed by atoms with Crippen molar-refractivity contribution >= 4 is 35.8 Å². The highest BCUT2D eigenvalue weighted by molar-refractivity contribution is 14.0. The van der Waals surface area contributed by atoms with E-state index in [4.69, 9.17) is 15.2 Å². The molecule has 0 fully saturated rings. The zero-order valence-corrected chi connectivity index (χ0v) is 20.2. The summed E-state index contributed by atoms with van der Waals surface area (Å²) in [7, 11) is 1.67. The predicted octanol–water partition coefficient (Wildman–Crippen LogP) is 3.30. The van der Waals surface area contributed by atoms with E-state index in [0.717, 1.165) is 23.4 Å². The summed E-state index contributed by atoms with van der Waals surface area (Å²) in [6.07, 6.45) is 0. The van der Waals surface area contributed by atoms with Crippen LogP contribution in [0.2, 0.25) is 0 Å². The van der Waals surface area contributed by atoms with Crippen LogP contribution < -0.4 is 25.8 Å². The van der Waals surface area contributed by atoms with Gasteiger partial charge >= 0.3 is 0 Å². The van der Waals surface area contributed by atoms with Crippen LogP contribution in [0.3, 0.4) is 0 Å². The van der Waals surface area contributed by atoms with Gasteiger partial charge in [0.05, 0.1) is 19.7 Å². The third kappa shape index (κ3) is 8.10. The number of nitrogens with one attached hydrogen (secondary N) is 2. The number of carbonyl (C=O) groups is 1. The highest BCUT2D eigenvalue weighted by Gasteiger charge is 2.13. The minimum Gasteiger partial charge on any atom is -0.496 e. The second-order valence-corrected chi connectivity index (χ2v) is 6.71. The molecule has 1 amide bonds. The molecular formula is C22H31IN4O3. The van der Waals surface area contributed by atoms with Gasteiger partial charge in [0, 0.05) is 12.1 Å². The lowest BCUT2D eigenvalue weighted by atomic mass is 10.0. The molecular weight excluding hydrogens is 495 g/mol. The largest absolute Gasteiger partial charge is 0.496 e. The Bertz CT molecular complexity index is 858. The van der Waals surface area contributed by atoms with E-state index in [1.807, 2.05) is 37.3 Å². The summed E-state index contributed by atoms with van der Waals surface area (Å²) in [6.45, 7) is 7.21. The Kier molecular flexibility index (Phi) is 11.0. The minimum atomic E-state index is -0.507. The molecule has 0 aliphatic rings. The normalized spacial score (nSPS) is 11.8. The lowest BCUT2D eigenvalue weighted by molar-refractivity contribution is -0.119. The number of carbonyl (C=O) groups excluding carboxylic acids is 1. The van der Waals surface area contributed by atoms with Crippen LogP contribution in [-0.4, -0.2) is 32.1 Å². The van der Waals surface area contributed by atoms with E-state index in [0.29, 0.717) is 18.3 Å². The predicted molar refractivity (Wildman–Crippen MR) is 131 cm³/mol. The molecule has 164 valence electrons. The maximum Gasteiger partial charge on any atom is 0.255 e. The SMILES string of the molecule is CCNC(=NCc1cccc(OCC(N)=O)c1)NC(C)c1cc(C)ccc1OC.I. The van der Waals surface area contributed by atoms with Crippen molar-refractivity contribution in [2.24, 2.45) is 10.7 Å². The third-order valence-corrected chi connectivity index (χ3v) is 4.25. The number of hydrogen-bond acceptors (Lipinski definition) is 4. The highest BCUT2D eigenvalue weighted by Crippen LogP contribution is 2.26. The summed E-state index contributed by atoms with van der Waals surface area (Å²) in [5, 5.41) is 6.69. The van der Waals surface area contributed by atoms with Gasteiger partial charge in [-0.15, -0.1) is 24.0 Å². The lowest BCUT2D eigenvalue weighted by Crippen LogP contribution is -2.38. The quantitative estimate of drug-likeness (QED) is 0.265. The van der Waals surface area contributed by atoms with E-state index in [1.165, 1.54) is 5.56 Å². The smallest absolute Gasteiger partial charge is 0.255 e. The number of halogens is 1. The molecule has 30 heavy (non-hydrogen) atoms. The van der Waals surface area contributed by atoms with Gasteiger partial charge < -0.3 is 25.8 Å². The number of primary amides is 1. The molecule has 2 aromatic carbocycles. The van der Waals surface area contributed by atoms with E-state index >= 15 is 0 Å². The van der Waals surface area contributed by atoms with Crippen LogP contribution in [0.1, 0.15) is 36.6 Å². The van der Waals surface area contributed by atoms with Crippen molar-refractivity contribution in [1.82, 2.24) is 10.6 Å². The van der Waals surface area contributed by atoms with Gasteiger partial charge in [-0.1, -0.05) is 29.8 Å². The first-order valence-corrected chi connectivity index (χ1v) is 9.62. The van der Waals surface area contributed by atoms with E-state index in [1.54, 1.807) is 13.2 Å². The number of guanidine groups is 1. The lowest BCUT2D eigenvalue weighted by Gasteiger charge is -2.20. The number of nitrogens with zero attached hydrogens (tertiary/aromatic N) is 1. The van der Waals surface area contributed by atoms with Crippen molar-refractivity contribution in [2.75, 3.05) is 20.3 Å². The summed E-state index contributed by atoms with van der Waals surface area (Å²) in [6, 6.07) is 13.6. The number of amides is 1. The van der Waals surface area contributed by atoms with E-state index < -0.39 is 5.91 Å². The molecule has 0 bridgehead atoms. The van der Waals surface area contributed by atoms with Gasteiger partial charge in [-0.05, 0) is 44.5 Å². The Balaban J connectivity index is 0.00000450. The molecule has 1 unspecified atom stereocenters. The molecule has 0 saturated heterocycles. The summed E-state index contributed by atoms with van der Waals surface area (Å²) >= 11 is 0. The number of aryl methyl sites for hydroxylation is 1. The third-order valence-electron chi connectivity index (χ3n) is 4.25. The van der Waals surface area contributed by atoms with Gasteiger partial charge in [0.25, 0.3) is 5.91 Å². The Morgan fingerprint density at radius 3 is 2.67 bits per heavy atom. The van der Waals surface area contributed by atoms with Crippen LogP contribution in [0.4, 0.5) is 0 Å². The summed E-state index contributed by atoms with van der Waals surface area (Å²) in [4.78, 5) is 15.6. The van der Waals surface area contributed by atoms with Crippen LogP contribution in [0, 0.1) is 6.92 Å². The average molecular weight is 526 g/mol. The molecule has 7 nitrogen and oxygen atoms in total. The maximum absolute atomic E-state index is 10.9. The number of hydrogen-bond donors (Lipinski definition) is 3. The number of nitrogens with two attached hydrogens (primary N) is 1. The molecule has 2 aromatic rings. The van der Waals surface area contributed by atoms with Crippen molar-refractivity contribution in [2.45, 2.75) is 33.4 Å². The zero-order chi connectivity index (χ0) is 21.2. The van der Waals surface area contributed by atoms with E-state index in [9.17, 15) is 4.79 Å². The Morgan fingerprint density at radius 2 is 2.00 bits per heavy atom. The molecule has 4 N–H and O–H groups in total. The van der Waals surface area contributed by atoms with Gasteiger partial charge in [-0.3, -0.25) is 4.79 Å². The van der Waals surface area contributed by atoms with Crippen molar-refractivity contribution in [3.63, 3.8) is 0 Å². The van der Waals surface area contributed by atoms with Gasteiger partial charge in [-0.25, -0.2) is 4.99 Å². The Morgan fingerprint density at radius 1 is 1.23 bits per heavy atom. The first kappa shape index (κ1) is 25.5. The Hall–Kier alpha value is -2.49. The van der Waals surface area contributed by atoms with Crippen molar-refractivity contribution in [1.29, 1.82) is 0 Å². The second-order valence-electron chi connectivity index (χ2n) is 6.71. The monoisotopic (exact) mass is 526 g/mol. The van der Waals surface area contributed by atoms with Crippen LogP contribution in [-0.2, 0) is 11.3 Å². The van der Waals surface area contributed by atoms with E-state index in [-0.39, 0.29) is 36.6 Å². The van der Waals surface area contributed by atoms with Crippen molar-refractivity contribution in [3.05, 3.63) is 59.2 Å². The molecule has 1 atom stereocenters. The van der Waals surface area contributed by atoms with Crippen molar-refractivity contribution < 1.29 is 14.3 Å². The number of methoxy groups -OCH3 is 1. The second kappa shape index (κ2) is 12.9. The molecule has 8 heteroatoms. The summed E-state index contributed by atoms with van der Waals surface area (Å²) < 4.78 is 10.9. The molecule has 0 aliphatic carbocycles. The summed E-state index contributed by atoms with van der Waals surface area (Å²) in [5.74, 6) is 1.62. The zero-order valence-electron chi connectivity index (χ0n) is 17.9. The van der Waals surface area contributed by atoms with Gasteiger partial charge in [-0.2, -0.15) is 0 Å². The van der Waals surface area contributed by atoms with Gasteiger partial charge in [0.15, 0.2) is 12.6 Å². The number of aliphatic imine (C=N–C) groups is 1. The fraction of sp³-hybridized carbons (Fsp3) is 0.364. The molecule has 0 spiro atoms. The summed E-state index contributed by atoms with van der Waals surface area (Å²) in [5.41, 5.74) is 8.33. The molecule has 0 aliphatic heterocycles. The molecule has 2 rings (SSSR count). The minimum absolute atomic E-state index is 0. The van der Waals surface area contributed by atoms with Gasteiger partial charge in [0.1, 0.15) is 11.5 Å². The number of rotatable bonds is 9. The Labute approximate surface area is 195 Å². The van der Waals surface area contributed by atoms with Crippen LogP contribution in [0.25, 0.3) is 0 Å². The topological polar surface area (TPSA) is 98.0 Å². The maximum atomic E-state index is 10.9. The van der Waals surface area contributed by atoms with Gasteiger partial charge in [0.2, 0.25) is 0 Å². The highest BCUT2D eigenvalue weighted by atomic mass is 127. The molecule has 0 aromatic heterocycles. The van der Waals surface area contributed by atoms with Crippen LogP contribution in [0.15, 0.2) is 47.5 Å². The van der Waals surface area contributed by atoms with E-state index in [2.05, 4.69) is 35.5 Å². The molecule has 0 heterocycles. The number of ether oxygens (including phenoxy) is 2. The first-order chi connectivity index (χ1) is 13.9.